The number of aryl methyl sites for hydroxylation is 1. The number of hydrogen-bond donors (Lipinski definition) is 0. The lowest BCUT2D eigenvalue weighted by atomic mass is 10.0. The summed E-state index contributed by atoms with van der Waals surface area (Å²) in [5, 5.41) is 4.12. The Morgan fingerprint density at radius 1 is 1.37 bits per heavy atom. The van der Waals surface area contributed by atoms with E-state index in [-0.39, 0.29) is 5.60 Å². The molecule has 0 radical (unpaired) electrons. The number of aromatic nitrogens is 4. The molecular weight excluding hydrogens is 244 g/mol. The van der Waals surface area contributed by atoms with Gasteiger partial charge in [0.25, 0.3) is 5.89 Å². The molecule has 0 aliphatic heterocycles. The van der Waals surface area contributed by atoms with E-state index in [1.54, 1.807) is 13.3 Å². The van der Waals surface area contributed by atoms with Crippen LogP contribution in [0.1, 0.15) is 37.3 Å². The summed E-state index contributed by atoms with van der Waals surface area (Å²) < 4.78 is 13.0. The third-order valence-electron chi connectivity index (χ3n) is 4.08. The Bertz CT molecular complexity index is 581. The van der Waals surface area contributed by atoms with E-state index in [1.807, 2.05) is 18.5 Å². The lowest BCUT2D eigenvalue weighted by Gasteiger charge is -2.22. The molecule has 0 unspecified atom stereocenters. The van der Waals surface area contributed by atoms with E-state index >= 15 is 0 Å². The summed E-state index contributed by atoms with van der Waals surface area (Å²) in [6.45, 7) is 1.94. The van der Waals surface area contributed by atoms with E-state index in [2.05, 4.69) is 15.1 Å². The number of nitrogens with zero attached hydrogens (tertiary/aromatic N) is 4. The molecule has 1 aliphatic carbocycles. The van der Waals surface area contributed by atoms with Crippen LogP contribution >= 0.6 is 0 Å². The maximum absolute atomic E-state index is 5.66. The molecular formula is C13H18N4O2. The summed E-state index contributed by atoms with van der Waals surface area (Å²) in [6.07, 6.45) is 5.94. The molecule has 2 heterocycles. The molecule has 6 heteroatoms. The van der Waals surface area contributed by atoms with Gasteiger partial charge in [-0.05, 0) is 32.6 Å². The Hall–Kier alpha value is -1.69. The predicted octanol–water partition coefficient (Wildman–Crippen LogP) is 2.19. The predicted molar refractivity (Wildman–Crippen MR) is 68.4 cm³/mol. The third-order valence-corrected chi connectivity index (χ3v) is 4.08. The van der Waals surface area contributed by atoms with Crippen molar-refractivity contribution in [1.29, 1.82) is 0 Å². The first-order valence-corrected chi connectivity index (χ1v) is 6.54. The maximum atomic E-state index is 5.66. The molecule has 102 valence electrons. The summed E-state index contributed by atoms with van der Waals surface area (Å²) in [4.78, 5) is 8.76. The summed E-state index contributed by atoms with van der Waals surface area (Å²) in [5.41, 5.74) is 0.468. The number of ether oxygens (including phenoxy) is 1. The second kappa shape index (κ2) is 4.45. The van der Waals surface area contributed by atoms with Crippen molar-refractivity contribution in [3.8, 4) is 11.6 Å². The van der Waals surface area contributed by atoms with Crippen molar-refractivity contribution in [3.05, 3.63) is 17.8 Å². The highest BCUT2D eigenvalue weighted by molar-refractivity contribution is 5.46. The number of hydrogen-bond acceptors (Lipinski definition) is 5. The Balaban J connectivity index is 1.97. The Labute approximate surface area is 111 Å². The normalized spacial score (nSPS) is 18.1. The maximum Gasteiger partial charge on any atom is 0.276 e. The van der Waals surface area contributed by atoms with E-state index in [4.69, 9.17) is 9.26 Å². The van der Waals surface area contributed by atoms with Crippen molar-refractivity contribution in [2.24, 2.45) is 7.05 Å². The minimum Gasteiger partial charge on any atom is -0.370 e. The van der Waals surface area contributed by atoms with Gasteiger partial charge < -0.3 is 13.8 Å². The topological polar surface area (TPSA) is 66.0 Å². The summed E-state index contributed by atoms with van der Waals surface area (Å²) in [5.74, 6) is 2.07. The smallest absolute Gasteiger partial charge is 0.276 e. The van der Waals surface area contributed by atoms with Crippen LogP contribution in [0.3, 0.4) is 0 Å². The van der Waals surface area contributed by atoms with Gasteiger partial charge in [-0.15, -0.1) is 0 Å². The molecule has 0 saturated heterocycles. The van der Waals surface area contributed by atoms with Crippen LogP contribution in [0.25, 0.3) is 11.6 Å². The molecule has 0 atom stereocenters. The van der Waals surface area contributed by atoms with Crippen molar-refractivity contribution in [3.63, 3.8) is 0 Å². The molecule has 0 amide bonds. The van der Waals surface area contributed by atoms with Crippen LogP contribution in [0.2, 0.25) is 0 Å². The van der Waals surface area contributed by atoms with Crippen molar-refractivity contribution in [2.75, 3.05) is 7.11 Å². The van der Waals surface area contributed by atoms with Crippen molar-refractivity contribution in [2.45, 2.75) is 38.2 Å². The average molecular weight is 262 g/mol. The van der Waals surface area contributed by atoms with Crippen LogP contribution in [0, 0.1) is 6.92 Å². The largest absolute Gasteiger partial charge is 0.370 e. The molecule has 0 N–H and O–H groups in total. The molecule has 0 aromatic carbocycles. The van der Waals surface area contributed by atoms with Gasteiger partial charge in [0.05, 0.1) is 6.20 Å². The van der Waals surface area contributed by atoms with E-state index < -0.39 is 0 Å². The number of methoxy groups -OCH3 is 1. The summed E-state index contributed by atoms with van der Waals surface area (Å²) in [7, 11) is 3.65. The van der Waals surface area contributed by atoms with Crippen molar-refractivity contribution >= 4 is 0 Å². The van der Waals surface area contributed by atoms with Crippen LogP contribution in [-0.2, 0) is 17.4 Å². The van der Waals surface area contributed by atoms with Gasteiger partial charge in [0.2, 0.25) is 5.82 Å². The van der Waals surface area contributed by atoms with E-state index in [0.717, 1.165) is 37.2 Å². The molecule has 1 aliphatic rings. The Morgan fingerprint density at radius 3 is 2.68 bits per heavy atom. The van der Waals surface area contributed by atoms with Gasteiger partial charge in [0, 0.05) is 14.2 Å². The van der Waals surface area contributed by atoms with Gasteiger partial charge in [0.15, 0.2) is 0 Å². The zero-order valence-electron chi connectivity index (χ0n) is 11.5. The molecule has 0 bridgehead atoms. The van der Waals surface area contributed by atoms with Crippen LogP contribution in [0.4, 0.5) is 0 Å². The molecule has 6 nitrogen and oxygen atoms in total. The number of imidazole rings is 1. The highest BCUT2D eigenvalue weighted by Gasteiger charge is 2.40. The monoisotopic (exact) mass is 262 g/mol. The van der Waals surface area contributed by atoms with Gasteiger partial charge in [-0.1, -0.05) is 5.16 Å². The van der Waals surface area contributed by atoms with Gasteiger partial charge in [-0.3, -0.25) is 0 Å². The van der Waals surface area contributed by atoms with Crippen LogP contribution < -0.4 is 0 Å². The fraction of sp³-hybridized carbons (Fsp3) is 0.615. The first kappa shape index (κ1) is 12.3. The van der Waals surface area contributed by atoms with Crippen LogP contribution in [-0.4, -0.2) is 26.8 Å². The van der Waals surface area contributed by atoms with E-state index in [9.17, 15) is 0 Å². The molecule has 2 aromatic heterocycles. The minimum atomic E-state index is -0.366. The Kier molecular flexibility index (Phi) is 2.89. The molecule has 2 aromatic rings. The van der Waals surface area contributed by atoms with E-state index in [1.165, 1.54) is 0 Å². The first-order chi connectivity index (χ1) is 9.16. The summed E-state index contributed by atoms with van der Waals surface area (Å²) >= 11 is 0. The molecule has 1 fully saturated rings. The fourth-order valence-corrected chi connectivity index (χ4v) is 2.68. The fourth-order valence-electron chi connectivity index (χ4n) is 2.68. The highest BCUT2D eigenvalue weighted by atomic mass is 16.5. The zero-order chi connectivity index (χ0) is 13.5. The second-order valence-electron chi connectivity index (χ2n) is 5.08. The van der Waals surface area contributed by atoms with Crippen molar-refractivity contribution < 1.29 is 9.26 Å². The highest BCUT2D eigenvalue weighted by Crippen LogP contribution is 2.40. The van der Waals surface area contributed by atoms with Gasteiger partial charge in [0.1, 0.15) is 17.1 Å². The van der Waals surface area contributed by atoms with Gasteiger partial charge in [-0.2, -0.15) is 4.98 Å². The molecule has 1 saturated carbocycles. The third kappa shape index (κ3) is 1.87. The average Bonchev–Trinajstić information content (AvgIpc) is 3.11. The van der Waals surface area contributed by atoms with Gasteiger partial charge >= 0.3 is 0 Å². The van der Waals surface area contributed by atoms with Gasteiger partial charge in [-0.25, -0.2) is 4.98 Å². The SMILES string of the molecule is COC1(c2noc(-c3cnc(C)n3C)n2)CCCC1. The Morgan fingerprint density at radius 2 is 2.11 bits per heavy atom. The minimum absolute atomic E-state index is 0.366. The lowest BCUT2D eigenvalue weighted by molar-refractivity contribution is -0.0178. The lowest BCUT2D eigenvalue weighted by Crippen LogP contribution is -2.25. The molecule has 0 spiro atoms. The summed E-state index contributed by atoms with van der Waals surface area (Å²) in [6, 6.07) is 0. The standard InChI is InChI=1S/C13H18N4O2/c1-9-14-8-10(17(9)2)11-15-12(16-19-11)13(18-3)6-4-5-7-13/h8H,4-7H2,1-3H3. The quantitative estimate of drug-likeness (QED) is 0.848. The van der Waals surface area contributed by atoms with Crippen LogP contribution in [0.5, 0.6) is 0 Å². The second-order valence-corrected chi connectivity index (χ2v) is 5.08. The zero-order valence-corrected chi connectivity index (χ0v) is 11.5. The van der Waals surface area contributed by atoms with Crippen LogP contribution in [0.15, 0.2) is 10.7 Å². The van der Waals surface area contributed by atoms with Crippen molar-refractivity contribution in [1.82, 2.24) is 19.7 Å². The number of rotatable bonds is 3. The first-order valence-electron chi connectivity index (χ1n) is 6.54. The van der Waals surface area contributed by atoms with E-state index in [0.29, 0.717) is 11.7 Å². The molecule has 3 rings (SSSR count). The molecule has 19 heavy (non-hydrogen) atoms.